The smallest absolute Gasteiger partial charge is 0.246 e. The van der Waals surface area contributed by atoms with Crippen molar-refractivity contribution in [2.75, 3.05) is 49.6 Å². The van der Waals surface area contributed by atoms with Crippen molar-refractivity contribution in [2.45, 2.75) is 19.4 Å². The number of piperazine rings is 1. The van der Waals surface area contributed by atoms with Gasteiger partial charge in [-0.3, -0.25) is 9.89 Å². The maximum Gasteiger partial charge on any atom is 0.246 e. The number of nitrogens with one attached hydrogen (secondary N) is 2. The Hall–Kier alpha value is -3.69. The first kappa shape index (κ1) is 23.7. The quantitative estimate of drug-likeness (QED) is 0.383. The average molecular weight is 518 g/mol. The molecule has 4 heterocycles. The summed E-state index contributed by atoms with van der Waals surface area (Å²) in [7, 11) is 0. The lowest BCUT2D eigenvalue weighted by Gasteiger charge is -2.35. The van der Waals surface area contributed by atoms with Gasteiger partial charge >= 0.3 is 0 Å². The Labute approximate surface area is 219 Å². The average Bonchev–Trinajstić information content (AvgIpc) is 3.60. The van der Waals surface area contributed by atoms with Gasteiger partial charge in [-0.1, -0.05) is 24.2 Å². The lowest BCUT2D eigenvalue weighted by molar-refractivity contribution is -0.126. The summed E-state index contributed by atoms with van der Waals surface area (Å²) in [5.74, 6) is 1.32. The van der Waals surface area contributed by atoms with Crippen LogP contribution in [0.5, 0.6) is 0 Å². The molecule has 37 heavy (non-hydrogen) atoms. The Morgan fingerprint density at radius 2 is 2.05 bits per heavy atom. The van der Waals surface area contributed by atoms with Crippen molar-refractivity contribution in [1.82, 2.24) is 25.1 Å². The van der Waals surface area contributed by atoms with Crippen LogP contribution in [0.2, 0.25) is 5.02 Å². The first-order valence-corrected chi connectivity index (χ1v) is 12.8. The molecular weight excluding hydrogens is 490 g/mol. The third-order valence-electron chi connectivity index (χ3n) is 7.19. The zero-order chi connectivity index (χ0) is 25.5. The van der Waals surface area contributed by atoms with E-state index >= 15 is 0 Å². The number of H-pyrrole nitrogens is 1. The second-order valence-corrected chi connectivity index (χ2v) is 9.94. The number of nitrogens with zero attached hydrogens (tertiary/aromatic N) is 5. The molecule has 4 aromatic rings. The minimum absolute atomic E-state index is 0.0488. The fourth-order valence-corrected chi connectivity index (χ4v) is 5.47. The van der Waals surface area contributed by atoms with E-state index in [1.54, 1.807) is 4.90 Å². The molecule has 190 valence electrons. The van der Waals surface area contributed by atoms with Crippen LogP contribution in [-0.4, -0.2) is 76.4 Å². The van der Waals surface area contributed by atoms with Crippen LogP contribution in [0.3, 0.4) is 0 Å². The van der Waals surface area contributed by atoms with E-state index in [0.29, 0.717) is 43.8 Å². The fraction of sp³-hybridized carbons (Fsp3) is 0.333. The third kappa shape index (κ3) is 4.38. The number of benzene rings is 2. The largest absolute Gasteiger partial charge is 0.379 e. The Balaban J connectivity index is 1.46. The Morgan fingerprint density at radius 1 is 1.22 bits per heavy atom. The van der Waals surface area contributed by atoms with E-state index in [4.69, 9.17) is 26.3 Å². The highest BCUT2D eigenvalue weighted by atomic mass is 35.5. The Kier molecular flexibility index (Phi) is 6.18. The standard InChI is InChI=1S/C27H28ClN7O2/c1-3-24(36)34-7-9-35(10-8-34)26-19-12-21(28)18(25-16(2)4-5-22-20(25)14-29-33-22)13-23(19)31-27(32-26)30-17-6-11-37-15-17/h3-5,12-14,17H,1,6-11,15H2,2H3,(H,29,33)(H,30,31,32). The molecule has 2 aliphatic rings. The van der Waals surface area contributed by atoms with Gasteiger partial charge in [0.1, 0.15) is 5.82 Å². The molecular formula is C27H28ClN7O2. The van der Waals surface area contributed by atoms with Gasteiger partial charge in [0.25, 0.3) is 0 Å². The number of fused-ring (bicyclic) bond motifs is 2. The molecule has 1 amide bonds. The second-order valence-electron chi connectivity index (χ2n) is 9.53. The Bertz CT molecular complexity index is 1500. The zero-order valence-corrected chi connectivity index (χ0v) is 21.4. The number of aromatic nitrogens is 4. The number of rotatable bonds is 5. The highest BCUT2D eigenvalue weighted by molar-refractivity contribution is 6.35. The molecule has 0 saturated carbocycles. The predicted molar refractivity (Wildman–Crippen MR) is 146 cm³/mol. The predicted octanol–water partition coefficient (Wildman–Crippen LogP) is 4.17. The minimum atomic E-state index is -0.0488. The molecule has 2 N–H and O–H groups in total. The summed E-state index contributed by atoms with van der Waals surface area (Å²) in [6, 6.07) is 8.27. The highest BCUT2D eigenvalue weighted by Gasteiger charge is 2.25. The lowest BCUT2D eigenvalue weighted by atomic mass is 9.96. The van der Waals surface area contributed by atoms with E-state index in [9.17, 15) is 4.79 Å². The molecule has 0 spiro atoms. The molecule has 2 saturated heterocycles. The summed E-state index contributed by atoms with van der Waals surface area (Å²) in [4.78, 5) is 26.0. The van der Waals surface area contributed by atoms with Gasteiger partial charge in [0.2, 0.25) is 11.9 Å². The van der Waals surface area contributed by atoms with Gasteiger partial charge in [-0.25, -0.2) is 4.98 Å². The number of carbonyl (C=O) groups is 1. The number of halogens is 1. The van der Waals surface area contributed by atoms with Gasteiger partial charge in [-0.15, -0.1) is 0 Å². The van der Waals surface area contributed by atoms with E-state index in [0.717, 1.165) is 57.3 Å². The van der Waals surface area contributed by atoms with Gasteiger partial charge in [0.05, 0.1) is 29.9 Å². The lowest BCUT2D eigenvalue weighted by Crippen LogP contribution is -2.48. The molecule has 1 atom stereocenters. The van der Waals surface area contributed by atoms with Crippen molar-refractivity contribution in [3.63, 3.8) is 0 Å². The van der Waals surface area contributed by atoms with Gasteiger partial charge in [-0.2, -0.15) is 10.1 Å². The molecule has 0 aliphatic carbocycles. The summed E-state index contributed by atoms with van der Waals surface area (Å²) in [6.07, 6.45) is 4.11. The number of anilines is 2. The molecule has 2 fully saturated rings. The van der Waals surface area contributed by atoms with E-state index in [2.05, 4.69) is 40.0 Å². The van der Waals surface area contributed by atoms with Gasteiger partial charge in [-0.05, 0) is 48.7 Å². The van der Waals surface area contributed by atoms with Gasteiger partial charge in [0, 0.05) is 54.1 Å². The summed E-state index contributed by atoms with van der Waals surface area (Å²) in [5, 5.41) is 13.3. The normalized spacial score (nSPS) is 18.1. The molecule has 0 bridgehead atoms. The fourth-order valence-electron chi connectivity index (χ4n) is 5.21. The van der Waals surface area contributed by atoms with Crippen LogP contribution in [0.25, 0.3) is 32.9 Å². The maximum absolute atomic E-state index is 12.1. The van der Waals surface area contributed by atoms with Gasteiger partial charge in [0.15, 0.2) is 0 Å². The van der Waals surface area contributed by atoms with Crippen molar-refractivity contribution in [3.8, 4) is 11.1 Å². The van der Waals surface area contributed by atoms with Crippen LogP contribution >= 0.6 is 11.6 Å². The van der Waals surface area contributed by atoms with Crippen molar-refractivity contribution >= 4 is 51.1 Å². The molecule has 10 heteroatoms. The van der Waals surface area contributed by atoms with Gasteiger partial charge < -0.3 is 19.9 Å². The maximum atomic E-state index is 12.1. The highest BCUT2D eigenvalue weighted by Crippen LogP contribution is 2.39. The van der Waals surface area contributed by atoms with Crippen molar-refractivity contribution in [3.05, 3.63) is 53.7 Å². The van der Waals surface area contributed by atoms with Crippen LogP contribution in [0, 0.1) is 6.92 Å². The van der Waals surface area contributed by atoms with E-state index < -0.39 is 0 Å². The van der Waals surface area contributed by atoms with E-state index in [1.165, 1.54) is 6.08 Å². The SMILES string of the molecule is C=CC(=O)N1CCN(c2nc(NC3CCOC3)nc3cc(-c4c(C)ccc5[nH]ncc45)c(Cl)cc23)CC1. The van der Waals surface area contributed by atoms with Crippen LogP contribution in [0.1, 0.15) is 12.0 Å². The molecule has 2 aliphatic heterocycles. The minimum Gasteiger partial charge on any atom is -0.379 e. The Morgan fingerprint density at radius 3 is 2.81 bits per heavy atom. The van der Waals surface area contributed by atoms with Crippen LogP contribution in [-0.2, 0) is 9.53 Å². The summed E-state index contributed by atoms with van der Waals surface area (Å²) < 4.78 is 5.55. The van der Waals surface area contributed by atoms with Crippen LogP contribution in [0.15, 0.2) is 43.1 Å². The first-order valence-electron chi connectivity index (χ1n) is 12.5. The number of carbonyl (C=O) groups excluding carboxylic acids is 1. The third-order valence-corrected chi connectivity index (χ3v) is 7.51. The van der Waals surface area contributed by atoms with E-state index in [1.807, 2.05) is 24.4 Å². The first-order chi connectivity index (χ1) is 18.0. The summed E-state index contributed by atoms with van der Waals surface area (Å²) in [5.41, 5.74) is 4.80. The van der Waals surface area contributed by atoms with Crippen LogP contribution < -0.4 is 10.2 Å². The summed E-state index contributed by atoms with van der Waals surface area (Å²) in [6.45, 7) is 9.56. The van der Waals surface area contributed by atoms with E-state index in [-0.39, 0.29) is 11.9 Å². The number of ether oxygens (including phenoxy) is 1. The molecule has 0 radical (unpaired) electrons. The van der Waals surface area contributed by atoms with Crippen LogP contribution in [0.4, 0.5) is 11.8 Å². The molecule has 6 rings (SSSR count). The second kappa shape index (κ2) is 9.64. The molecule has 2 aromatic carbocycles. The topological polar surface area (TPSA) is 99.3 Å². The number of amides is 1. The molecule has 2 aromatic heterocycles. The molecule has 9 nitrogen and oxygen atoms in total. The zero-order valence-electron chi connectivity index (χ0n) is 20.6. The molecule has 1 unspecified atom stereocenters. The summed E-state index contributed by atoms with van der Waals surface area (Å²) >= 11 is 6.95. The number of aryl methyl sites for hydroxylation is 1. The van der Waals surface area contributed by atoms with Crippen molar-refractivity contribution in [2.24, 2.45) is 0 Å². The van der Waals surface area contributed by atoms with Crippen molar-refractivity contribution in [1.29, 1.82) is 0 Å². The van der Waals surface area contributed by atoms with Crippen molar-refractivity contribution < 1.29 is 9.53 Å². The number of hydrogen-bond acceptors (Lipinski definition) is 7. The monoisotopic (exact) mass is 517 g/mol. The number of hydrogen-bond donors (Lipinski definition) is 2. The number of aromatic amines is 1.